The predicted octanol–water partition coefficient (Wildman–Crippen LogP) is 2.00. The Labute approximate surface area is 145 Å². The fourth-order valence-corrected chi connectivity index (χ4v) is 2.83. The van der Waals surface area contributed by atoms with Crippen molar-refractivity contribution in [3.63, 3.8) is 0 Å². The van der Waals surface area contributed by atoms with Crippen LogP contribution in [0.15, 0.2) is 24.3 Å². The molecule has 1 atom stereocenters. The van der Waals surface area contributed by atoms with Crippen LogP contribution >= 0.6 is 0 Å². The van der Waals surface area contributed by atoms with Gasteiger partial charge in [-0.25, -0.2) is 0 Å². The van der Waals surface area contributed by atoms with Gasteiger partial charge in [0.05, 0.1) is 12.7 Å². The first kappa shape index (κ1) is 18.9. The molecule has 0 aliphatic carbocycles. The van der Waals surface area contributed by atoms with Gasteiger partial charge in [-0.15, -0.1) is 0 Å². The quantitative estimate of drug-likeness (QED) is 0.895. The van der Waals surface area contributed by atoms with Crippen molar-refractivity contribution in [2.75, 3.05) is 39.8 Å². The van der Waals surface area contributed by atoms with E-state index in [4.69, 9.17) is 4.74 Å². The number of aliphatic hydroxyl groups excluding tert-OH is 1. The van der Waals surface area contributed by atoms with Gasteiger partial charge in [-0.3, -0.25) is 9.69 Å². The van der Waals surface area contributed by atoms with Gasteiger partial charge < -0.3 is 14.7 Å². The Hall–Kier alpha value is -1.43. The van der Waals surface area contributed by atoms with Gasteiger partial charge in [-0.2, -0.15) is 0 Å². The lowest BCUT2D eigenvalue weighted by atomic mass is 9.89. The van der Waals surface area contributed by atoms with Gasteiger partial charge in [0.15, 0.2) is 0 Å². The molecule has 2 rings (SSSR count). The molecule has 0 saturated carbocycles. The molecule has 0 aromatic heterocycles. The van der Waals surface area contributed by atoms with E-state index in [2.05, 4.69) is 4.90 Å². The number of carbonyl (C=O) groups is 1. The SMILES string of the molecule is COCc1ccccc1C(=O)N1CCN(C[C@@H](O)C(C)(C)C)CC1. The molecule has 1 aliphatic rings. The van der Waals surface area contributed by atoms with Gasteiger partial charge >= 0.3 is 0 Å². The van der Waals surface area contributed by atoms with Crippen LogP contribution < -0.4 is 0 Å². The van der Waals surface area contributed by atoms with Gasteiger partial charge in [-0.05, 0) is 17.0 Å². The Balaban J connectivity index is 1.94. The second-order valence-electron chi connectivity index (χ2n) is 7.56. The summed E-state index contributed by atoms with van der Waals surface area (Å²) < 4.78 is 5.19. The summed E-state index contributed by atoms with van der Waals surface area (Å²) in [6.07, 6.45) is -0.359. The summed E-state index contributed by atoms with van der Waals surface area (Å²) in [5, 5.41) is 10.3. The van der Waals surface area contributed by atoms with Crippen LogP contribution in [0.25, 0.3) is 0 Å². The van der Waals surface area contributed by atoms with Gasteiger partial charge in [-0.1, -0.05) is 39.0 Å². The van der Waals surface area contributed by atoms with E-state index in [1.165, 1.54) is 0 Å². The first-order valence-electron chi connectivity index (χ1n) is 8.59. The number of benzene rings is 1. The molecule has 0 spiro atoms. The Morgan fingerprint density at radius 1 is 1.21 bits per heavy atom. The fraction of sp³-hybridized carbons (Fsp3) is 0.632. The van der Waals surface area contributed by atoms with Crippen LogP contribution in [-0.4, -0.2) is 66.8 Å². The van der Waals surface area contributed by atoms with Crippen molar-refractivity contribution in [1.29, 1.82) is 0 Å². The molecule has 1 N–H and O–H groups in total. The number of methoxy groups -OCH3 is 1. The van der Waals surface area contributed by atoms with Crippen LogP contribution in [0.3, 0.4) is 0 Å². The lowest BCUT2D eigenvalue weighted by Crippen LogP contribution is -2.51. The molecule has 1 aliphatic heterocycles. The second-order valence-corrected chi connectivity index (χ2v) is 7.56. The summed E-state index contributed by atoms with van der Waals surface area (Å²) in [7, 11) is 1.64. The number of carbonyl (C=O) groups excluding carboxylic acids is 1. The Bertz CT molecular complexity index is 546. The fourth-order valence-electron chi connectivity index (χ4n) is 2.83. The normalized spacial score (nSPS) is 17.8. The van der Waals surface area contributed by atoms with Crippen molar-refractivity contribution in [3.05, 3.63) is 35.4 Å². The molecule has 0 radical (unpaired) electrons. The molecule has 134 valence electrons. The molecule has 1 saturated heterocycles. The summed E-state index contributed by atoms with van der Waals surface area (Å²) in [5.74, 6) is 0.0682. The summed E-state index contributed by atoms with van der Waals surface area (Å²) in [6.45, 7) is 10.2. The molecule has 1 aromatic rings. The number of β-amino-alcohol motifs (C(OH)–C–C–N with tert-alkyl or cyclic N) is 1. The van der Waals surface area contributed by atoms with Crippen molar-refractivity contribution in [2.45, 2.75) is 33.5 Å². The highest BCUT2D eigenvalue weighted by Gasteiger charge is 2.28. The minimum absolute atomic E-state index is 0.0682. The molecular formula is C19H30N2O3. The van der Waals surface area contributed by atoms with Gasteiger partial charge in [0.25, 0.3) is 5.91 Å². The Morgan fingerprint density at radius 2 is 1.83 bits per heavy atom. The first-order valence-corrected chi connectivity index (χ1v) is 8.59. The van der Waals surface area contributed by atoms with Crippen LogP contribution in [0.1, 0.15) is 36.7 Å². The molecule has 1 heterocycles. The summed E-state index contributed by atoms with van der Waals surface area (Å²) in [5.41, 5.74) is 1.53. The van der Waals surface area contributed by atoms with Crippen molar-refractivity contribution < 1.29 is 14.6 Å². The van der Waals surface area contributed by atoms with E-state index in [9.17, 15) is 9.90 Å². The number of aliphatic hydroxyl groups is 1. The third-order valence-corrected chi connectivity index (χ3v) is 4.64. The maximum absolute atomic E-state index is 12.8. The third-order valence-electron chi connectivity index (χ3n) is 4.64. The molecule has 1 aromatic carbocycles. The standard InChI is InChI=1S/C19H30N2O3/c1-19(2,3)17(22)13-20-9-11-21(12-10-20)18(23)16-8-6-5-7-15(16)14-24-4/h5-8,17,22H,9-14H2,1-4H3/t17-/m1/s1. The molecule has 1 fully saturated rings. The third kappa shape index (κ3) is 4.79. The van der Waals surface area contributed by atoms with Gasteiger partial charge in [0.1, 0.15) is 0 Å². The average Bonchev–Trinajstić information content (AvgIpc) is 2.55. The van der Waals surface area contributed by atoms with E-state index in [0.717, 1.165) is 24.2 Å². The zero-order chi connectivity index (χ0) is 17.7. The number of nitrogens with zero attached hydrogens (tertiary/aromatic N) is 2. The summed E-state index contributed by atoms with van der Waals surface area (Å²) in [6, 6.07) is 7.62. The van der Waals surface area contributed by atoms with Crippen molar-refractivity contribution in [1.82, 2.24) is 9.80 Å². The van der Waals surface area contributed by atoms with Crippen molar-refractivity contribution in [2.24, 2.45) is 5.41 Å². The minimum Gasteiger partial charge on any atom is -0.391 e. The van der Waals surface area contributed by atoms with Crippen molar-refractivity contribution >= 4 is 5.91 Å². The Morgan fingerprint density at radius 3 is 2.42 bits per heavy atom. The maximum atomic E-state index is 12.8. The van der Waals surface area contributed by atoms with E-state index < -0.39 is 0 Å². The van der Waals surface area contributed by atoms with Crippen LogP contribution in [-0.2, 0) is 11.3 Å². The van der Waals surface area contributed by atoms with Crippen molar-refractivity contribution in [3.8, 4) is 0 Å². The van der Waals surface area contributed by atoms with Crippen LogP contribution in [0.4, 0.5) is 0 Å². The number of hydrogen-bond acceptors (Lipinski definition) is 4. The monoisotopic (exact) mass is 334 g/mol. The number of ether oxygens (including phenoxy) is 1. The zero-order valence-corrected chi connectivity index (χ0v) is 15.3. The molecule has 1 amide bonds. The maximum Gasteiger partial charge on any atom is 0.254 e. The molecule has 0 bridgehead atoms. The average molecular weight is 334 g/mol. The molecule has 0 unspecified atom stereocenters. The van der Waals surface area contributed by atoms with Crippen LogP contribution in [0.5, 0.6) is 0 Å². The first-order chi connectivity index (χ1) is 11.3. The van der Waals surface area contributed by atoms with E-state index in [-0.39, 0.29) is 17.4 Å². The Kier molecular flexibility index (Phi) is 6.38. The lowest BCUT2D eigenvalue weighted by molar-refractivity contribution is 0.0136. The van der Waals surface area contributed by atoms with E-state index in [0.29, 0.717) is 26.2 Å². The molecule has 5 heteroatoms. The highest BCUT2D eigenvalue weighted by Crippen LogP contribution is 2.21. The van der Waals surface area contributed by atoms with Crippen LogP contribution in [0.2, 0.25) is 0 Å². The largest absolute Gasteiger partial charge is 0.391 e. The summed E-state index contributed by atoms with van der Waals surface area (Å²) >= 11 is 0. The number of amides is 1. The number of rotatable bonds is 5. The van der Waals surface area contributed by atoms with E-state index >= 15 is 0 Å². The smallest absolute Gasteiger partial charge is 0.254 e. The number of hydrogen-bond donors (Lipinski definition) is 1. The zero-order valence-electron chi connectivity index (χ0n) is 15.3. The minimum atomic E-state index is -0.359. The summed E-state index contributed by atoms with van der Waals surface area (Å²) in [4.78, 5) is 16.9. The molecule has 5 nitrogen and oxygen atoms in total. The lowest BCUT2D eigenvalue weighted by Gasteiger charge is -2.38. The predicted molar refractivity (Wildman–Crippen MR) is 95.0 cm³/mol. The second kappa shape index (κ2) is 8.10. The van der Waals surface area contributed by atoms with Gasteiger partial charge in [0.2, 0.25) is 0 Å². The molecular weight excluding hydrogens is 304 g/mol. The molecule has 24 heavy (non-hydrogen) atoms. The van der Waals surface area contributed by atoms with E-state index in [1.807, 2.05) is 49.9 Å². The van der Waals surface area contributed by atoms with Gasteiger partial charge in [0, 0.05) is 45.4 Å². The topological polar surface area (TPSA) is 53.0 Å². The number of piperazine rings is 1. The highest BCUT2D eigenvalue weighted by atomic mass is 16.5. The van der Waals surface area contributed by atoms with Crippen LogP contribution in [0, 0.1) is 5.41 Å². The highest BCUT2D eigenvalue weighted by molar-refractivity contribution is 5.95. The van der Waals surface area contributed by atoms with E-state index in [1.54, 1.807) is 7.11 Å².